The number of ether oxygens (including phenoxy) is 1. The molecule has 0 saturated heterocycles. The third-order valence-electron chi connectivity index (χ3n) is 4.18. The molecule has 0 heterocycles. The van der Waals surface area contributed by atoms with Crippen LogP contribution in [0.25, 0.3) is 0 Å². The Kier molecular flexibility index (Phi) is 6.35. The smallest absolute Gasteiger partial charge is 0.305 e. The molecule has 2 N–H and O–H groups in total. The highest BCUT2D eigenvalue weighted by Gasteiger charge is 2.39. The van der Waals surface area contributed by atoms with Crippen LogP contribution < -0.4 is 10.6 Å². The van der Waals surface area contributed by atoms with Gasteiger partial charge in [0, 0.05) is 30.1 Å². The van der Waals surface area contributed by atoms with Gasteiger partial charge in [-0.05, 0) is 49.4 Å². The maximum Gasteiger partial charge on any atom is 0.305 e. The molecule has 2 rings (SSSR count). The molecule has 2 unspecified atom stereocenters. The Hall–Kier alpha value is -2.37. The minimum Gasteiger partial charge on any atom is -0.469 e. The molecule has 2 amide bonds. The van der Waals surface area contributed by atoms with Gasteiger partial charge in [0.15, 0.2) is 0 Å². The van der Waals surface area contributed by atoms with Crippen molar-refractivity contribution in [3.8, 4) is 0 Å². The number of unbranched alkanes of at least 4 members (excludes halogenated alkanes) is 1. The number of esters is 1. The SMILES string of the molecule is COC(=O)CCCCNC(=O)c1ccc(NC(=O)C2CC2C)cc1. The molecule has 6 heteroatoms. The number of amides is 2. The van der Waals surface area contributed by atoms with Crippen LogP contribution >= 0.6 is 0 Å². The van der Waals surface area contributed by atoms with Crippen LogP contribution in [-0.4, -0.2) is 31.4 Å². The predicted molar refractivity (Wildman–Crippen MR) is 90.5 cm³/mol. The van der Waals surface area contributed by atoms with Crippen molar-refractivity contribution in [3.63, 3.8) is 0 Å². The van der Waals surface area contributed by atoms with Crippen molar-refractivity contribution < 1.29 is 19.1 Å². The van der Waals surface area contributed by atoms with Gasteiger partial charge < -0.3 is 15.4 Å². The summed E-state index contributed by atoms with van der Waals surface area (Å²) < 4.78 is 4.55. The normalized spacial score (nSPS) is 18.6. The molecule has 1 fully saturated rings. The lowest BCUT2D eigenvalue weighted by atomic mass is 10.2. The molecule has 1 saturated carbocycles. The maximum absolute atomic E-state index is 12.0. The Bertz CT molecular complexity index is 598. The van der Waals surface area contributed by atoms with E-state index in [4.69, 9.17) is 0 Å². The second kappa shape index (κ2) is 8.47. The number of carbonyl (C=O) groups is 3. The molecule has 0 bridgehead atoms. The summed E-state index contributed by atoms with van der Waals surface area (Å²) in [5.41, 5.74) is 1.24. The molecule has 1 aromatic carbocycles. The van der Waals surface area contributed by atoms with E-state index in [1.807, 2.05) is 0 Å². The van der Waals surface area contributed by atoms with Gasteiger partial charge in [-0.2, -0.15) is 0 Å². The first-order chi connectivity index (χ1) is 11.5. The Morgan fingerprint density at radius 1 is 1.17 bits per heavy atom. The minimum atomic E-state index is -0.237. The van der Waals surface area contributed by atoms with Crippen molar-refractivity contribution in [1.82, 2.24) is 5.32 Å². The number of hydrogen-bond acceptors (Lipinski definition) is 4. The predicted octanol–water partition coefficient (Wildman–Crippen LogP) is 2.35. The monoisotopic (exact) mass is 332 g/mol. The Morgan fingerprint density at radius 2 is 1.83 bits per heavy atom. The van der Waals surface area contributed by atoms with Gasteiger partial charge in [-0.3, -0.25) is 14.4 Å². The van der Waals surface area contributed by atoms with Crippen molar-refractivity contribution in [3.05, 3.63) is 29.8 Å². The molecule has 0 radical (unpaired) electrons. The average Bonchev–Trinajstić information content (AvgIpc) is 3.31. The van der Waals surface area contributed by atoms with E-state index in [9.17, 15) is 14.4 Å². The zero-order valence-corrected chi connectivity index (χ0v) is 14.1. The first-order valence-corrected chi connectivity index (χ1v) is 8.27. The van der Waals surface area contributed by atoms with E-state index in [1.54, 1.807) is 24.3 Å². The molecule has 0 spiro atoms. The molecular formula is C18H24N2O4. The first kappa shape index (κ1) is 18.0. The first-order valence-electron chi connectivity index (χ1n) is 8.27. The summed E-state index contributed by atoms with van der Waals surface area (Å²) in [6.07, 6.45) is 2.70. The van der Waals surface area contributed by atoms with Crippen molar-refractivity contribution in [2.75, 3.05) is 19.0 Å². The zero-order chi connectivity index (χ0) is 17.5. The van der Waals surface area contributed by atoms with E-state index in [1.165, 1.54) is 7.11 Å². The van der Waals surface area contributed by atoms with E-state index in [-0.39, 0.29) is 23.7 Å². The summed E-state index contributed by atoms with van der Waals surface area (Å²) in [5.74, 6) is 0.235. The van der Waals surface area contributed by atoms with Crippen LogP contribution in [0.15, 0.2) is 24.3 Å². The lowest BCUT2D eigenvalue weighted by Crippen LogP contribution is -2.24. The molecule has 1 aromatic rings. The summed E-state index contributed by atoms with van der Waals surface area (Å²) in [6, 6.07) is 6.85. The quantitative estimate of drug-likeness (QED) is 0.565. The van der Waals surface area contributed by atoms with Crippen LogP contribution in [-0.2, 0) is 14.3 Å². The van der Waals surface area contributed by atoms with E-state index >= 15 is 0 Å². The zero-order valence-electron chi connectivity index (χ0n) is 14.1. The van der Waals surface area contributed by atoms with Gasteiger partial charge in [0.05, 0.1) is 7.11 Å². The standard InChI is InChI=1S/C18H24N2O4/c1-12-11-15(12)18(23)20-14-8-6-13(7-9-14)17(22)19-10-4-3-5-16(21)24-2/h6-9,12,15H,3-5,10-11H2,1-2H3,(H,19,22)(H,20,23). The summed E-state index contributed by atoms with van der Waals surface area (Å²) in [6.45, 7) is 2.57. The van der Waals surface area contributed by atoms with Crippen molar-refractivity contribution in [1.29, 1.82) is 0 Å². The fourth-order valence-electron chi connectivity index (χ4n) is 2.43. The molecule has 2 atom stereocenters. The Balaban J connectivity index is 1.70. The van der Waals surface area contributed by atoms with Crippen LogP contribution in [0.3, 0.4) is 0 Å². The highest BCUT2D eigenvalue weighted by molar-refractivity contribution is 5.96. The number of rotatable bonds is 8. The Labute approximate surface area is 142 Å². The van der Waals surface area contributed by atoms with Crippen molar-refractivity contribution in [2.45, 2.75) is 32.6 Å². The van der Waals surface area contributed by atoms with Gasteiger partial charge in [0.1, 0.15) is 0 Å². The van der Waals surface area contributed by atoms with E-state index in [2.05, 4.69) is 22.3 Å². The highest BCUT2D eigenvalue weighted by atomic mass is 16.5. The van der Waals surface area contributed by atoms with E-state index in [0.717, 1.165) is 6.42 Å². The molecule has 130 valence electrons. The summed E-state index contributed by atoms with van der Waals surface area (Å²) in [4.78, 5) is 34.8. The van der Waals surface area contributed by atoms with E-state index < -0.39 is 0 Å². The fourth-order valence-corrected chi connectivity index (χ4v) is 2.43. The third kappa shape index (κ3) is 5.37. The number of nitrogens with one attached hydrogen (secondary N) is 2. The summed E-state index contributed by atoms with van der Waals surface area (Å²) in [5, 5.41) is 5.67. The van der Waals surface area contributed by atoms with Gasteiger partial charge in [-0.1, -0.05) is 6.92 Å². The lowest BCUT2D eigenvalue weighted by molar-refractivity contribution is -0.140. The van der Waals surface area contributed by atoms with Crippen LogP contribution in [0.2, 0.25) is 0 Å². The average molecular weight is 332 g/mol. The van der Waals surface area contributed by atoms with Gasteiger partial charge in [0.2, 0.25) is 5.91 Å². The molecular weight excluding hydrogens is 308 g/mol. The summed E-state index contributed by atoms with van der Waals surface area (Å²) in [7, 11) is 1.36. The van der Waals surface area contributed by atoms with Crippen molar-refractivity contribution >= 4 is 23.5 Å². The third-order valence-corrected chi connectivity index (χ3v) is 4.18. The number of anilines is 1. The second-order valence-corrected chi connectivity index (χ2v) is 6.18. The second-order valence-electron chi connectivity index (χ2n) is 6.18. The largest absolute Gasteiger partial charge is 0.469 e. The molecule has 1 aliphatic carbocycles. The molecule has 1 aliphatic rings. The number of benzene rings is 1. The number of methoxy groups -OCH3 is 1. The van der Waals surface area contributed by atoms with Gasteiger partial charge in [-0.15, -0.1) is 0 Å². The lowest BCUT2D eigenvalue weighted by Gasteiger charge is -2.07. The van der Waals surface area contributed by atoms with E-state index in [0.29, 0.717) is 43.0 Å². The van der Waals surface area contributed by atoms with Crippen LogP contribution in [0.5, 0.6) is 0 Å². The van der Waals surface area contributed by atoms with Crippen molar-refractivity contribution in [2.24, 2.45) is 11.8 Å². The molecule has 24 heavy (non-hydrogen) atoms. The highest BCUT2D eigenvalue weighted by Crippen LogP contribution is 2.38. The van der Waals surface area contributed by atoms with Crippen LogP contribution in [0.1, 0.15) is 43.0 Å². The van der Waals surface area contributed by atoms with Crippen LogP contribution in [0, 0.1) is 11.8 Å². The molecule has 6 nitrogen and oxygen atoms in total. The van der Waals surface area contributed by atoms with Gasteiger partial charge in [-0.25, -0.2) is 0 Å². The van der Waals surface area contributed by atoms with Gasteiger partial charge >= 0.3 is 5.97 Å². The van der Waals surface area contributed by atoms with Gasteiger partial charge in [0.25, 0.3) is 5.91 Å². The topological polar surface area (TPSA) is 84.5 Å². The Morgan fingerprint density at radius 3 is 2.42 bits per heavy atom. The number of carbonyl (C=O) groups excluding carboxylic acids is 3. The minimum absolute atomic E-state index is 0.0466. The number of hydrogen-bond donors (Lipinski definition) is 2. The maximum atomic E-state index is 12.0. The fraction of sp³-hybridized carbons (Fsp3) is 0.500. The summed E-state index contributed by atoms with van der Waals surface area (Å²) >= 11 is 0. The molecule has 0 aromatic heterocycles. The van der Waals surface area contributed by atoms with Crippen LogP contribution in [0.4, 0.5) is 5.69 Å². The molecule has 0 aliphatic heterocycles.